The standard InChI is InChI=1S/C22H21FN4O3S2/c1-14(2)20(27-32(29,30)19-6-4-3-5-18(19)23)21(28)26-22-25-13-17(31-22)11-15-7-9-16(12-24)10-8-15/h3-10,13-14,20,27H,11H2,1-2H3,(H,25,26,28). The topological polar surface area (TPSA) is 112 Å². The van der Waals surface area contributed by atoms with Crippen LogP contribution in [0, 0.1) is 23.1 Å². The van der Waals surface area contributed by atoms with Gasteiger partial charge in [0.25, 0.3) is 0 Å². The minimum Gasteiger partial charge on any atom is -0.301 e. The van der Waals surface area contributed by atoms with E-state index in [4.69, 9.17) is 5.26 Å². The van der Waals surface area contributed by atoms with E-state index < -0.39 is 38.6 Å². The first-order chi connectivity index (χ1) is 15.2. The van der Waals surface area contributed by atoms with Gasteiger partial charge in [0.15, 0.2) is 5.13 Å². The van der Waals surface area contributed by atoms with E-state index in [1.807, 2.05) is 12.1 Å². The fourth-order valence-corrected chi connectivity index (χ4v) is 5.19. The molecular weight excluding hydrogens is 451 g/mol. The summed E-state index contributed by atoms with van der Waals surface area (Å²) < 4.78 is 41.5. The minimum absolute atomic E-state index is 0.328. The van der Waals surface area contributed by atoms with Crippen molar-refractivity contribution in [3.8, 4) is 6.07 Å². The summed E-state index contributed by atoms with van der Waals surface area (Å²) in [6.45, 7) is 3.37. The number of amides is 1. The largest absolute Gasteiger partial charge is 0.301 e. The molecule has 0 aliphatic rings. The molecule has 0 radical (unpaired) electrons. The highest BCUT2D eigenvalue weighted by Gasteiger charge is 2.30. The monoisotopic (exact) mass is 472 g/mol. The molecule has 10 heteroatoms. The van der Waals surface area contributed by atoms with Crippen LogP contribution >= 0.6 is 11.3 Å². The molecule has 0 aliphatic heterocycles. The highest BCUT2D eigenvalue weighted by atomic mass is 32.2. The maximum Gasteiger partial charge on any atom is 0.244 e. The van der Waals surface area contributed by atoms with Gasteiger partial charge in [0.05, 0.1) is 11.6 Å². The Kier molecular flexibility index (Phi) is 7.35. The SMILES string of the molecule is CC(C)C(NS(=O)(=O)c1ccccc1F)C(=O)Nc1ncc(Cc2ccc(C#N)cc2)s1. The number of hydrogen-bond acceptors (Lipinski definition) is 6. The number of anilines is 1. The van der Waals surface area contributed by atoms with Crippen LogP contribution in [0.2, 0.25) is 0 Å². The Morgan fingerprint density at radius 3 is 2.50 bits per heavy atom. The van der Waals surface area contributed by atoms with Gasteiger partial charge < -0.3 is 5.32 Å². The van der Waals surface area contributed by atoms with Crippen LogP contribution in [0.1, 0.15) is 29.9 Å². The van der Waals surface area contributed by atoms with Crippen molar-refractivity contribution < 1.29 is 17.6 Å². The smallest absolute Gasteiger partial charge is 0.244 e. The van der Waals surface area contributed by atoms with Gasteiger partial charge in [-0.1, -0.05) is 38.1 Å². The van der Waals surface area contributed by atoms with Crippen molar-refractivity contribution in [3.05, 3.63) is 76.5 Å². The van der Waals surface area contributed by atoms with Gasteiger partial charge in [-0.25, -0.2) is 17.8 Å². The van der Waals surface area contributed by atoms with E-state index in [9.17, 15) is 17.6 Å². The zero-order valence-corrected chi connectivity index (χ0v) is 19.0. The molecule has 1 atom stereocenters. The van der Waals surface area contributed by atoms with Gasteiger partial charge in [-0.3, -0.25) is 4.79 Å². The van der Waals surface area contributed by atoms with Crippen molar-refractivity contribution >= 4 is 32.4 Å². The molecule has 1 unspecified atom stereocenters. The third-order valence-corrected chi connectivity index (χ3v) is 6.99. The number of carbonyl (C=O) groups is 1. The molecule has 0 bridgehead atoms. The lowest BCUT2D eigenvalue weighted by Gasteiger charge is -2.21. The minimum atomic E-state index is -4.24. The number of carbonyl (C=O) groups excluding carboxylic acids is 1. The molecule has 0 saturated carbocycles. The number of aromatic nitrogens is 1. The van der Waals surface area contributed by atoms with E-state index in [2.05, 4.69) is 21.1 Å². The third kappa shape index (κ3) is 5.76. The van der Waals surface area contributed by atoms with Gasteiger partial charge >= 0.3 is 0 Å². The highest BCUT2D eigenvalue weighted by molar-refractivity contribution is 7.89. The molecule has 0 saturated heterocycles. The van der Waals surface area contributed by atoms with E-state index in [1.54, 1.807) is 32.2 Å². The summed E-state index contributed by atoms with van der Waals surface area (Å²) in [4.78, 5) is 17.4. The zero-order valence-electron chi connectivity index (χ0n) is 17.4. The summed E-state index contributed by atoms with van der Waals surface area (Å²) in [5.41, 5.74) is 1.56. The molecule has 0 spiro atoms. The summed E-state index contributed by atoms with van der Waals surface area (Å²) in [6, 6.07) is 13.1. The average molecular weight is 473 g/mol. The molecule has 3 rings (SSSR count). The Hall–Kier alpha value is -3.13. The quantitative estimate of drug-likeness (QED) is 0.519. The van der Waals surface area contributed by atoms with Crippen LogP contribution in [0.25, 0.3) is 0 Å². The number of nitriles is 1. The predicted octanol–water partition coefficient (Wildman–Crippen LogP) is 3.69. The molecule has 0 fully saturated rings. The molecule has 166 valence electrons. The van der Waals surface area contributed by atoms with E-state index in [1.165, 1.54) is 23.5 Å². The Bertz CT molecular complexity index is 1250. The highest BCUT2D eigenvalue weighted by Crippen LogP contribution is 2.22. The zero-order chi connectivity index (χ0) is 23.3. The average Bonchev–Trinajstić information content (AvgIpc) is 3.19. The number of nitrogens with zero attached hydrogens (tertiary/aromatic N) is 2. The Morgan fingerprint density at radius 2 is 1.88 bits per heavy atom. The lowest BCUT2D eigenvalue weighted by molar-refractivity contribution is -0.118. The first-order valence-corrected chi connectivity index (χ1v) is 12.0. The second kappa shape index (κ2) is 9.99. The maximum absolute atomic E-state index is 14.0. The van der Waals surface area contributed by atoms with Crippen LogP contribution in [-0.2, 0) is 21.2 Å². The predicted molar refractivity (Wildman–Crippen MR) is 120 cm³/mol. The number of rotatable bonds is 8. The maximum atomic E-state index is 14.0. The second-order valence-corrected chi connectivity index (χ2v) is 10.2. The summed E-state index contributed by atoms with van der Waals surface area (Å²) in [7, 11) is -4.24. The molecule has 2 aromatic carbocycles. The van der Waals surface area contributed by atoms with Crippen LogP contribution in [0.4, 0.5) is 9.52 Å². The normalized spacial score (nSPS) is 12.3. The van der Waals surface area contributed by atoms with Crippen molar-refractivity contribution in [2.75, 3.05) is 5.32 Å². The van der Waals surface area contributed by atoms with Gasteiger partial charge in [0.2, 0.25) is 15.9 Å². The molecule has 1 heterocycles. The lowest BCUT2D eigenvalue weighted by atomic mass is 10.1. The third-order valence-electron chi connectivity index (χ3n) is 4.60. The van der Waals surface area contributed by atoms with Crippen LogP contribution in [-0.4, -0.2) is 25.4 Å². The number of thiazole rings is 1. The Balaban J connectivity index is 1.70. The lowest BCUT2D eigenvalue weighted by Crippen LogP contribution is -2.47. The molecular formula is C22H21FN4O3S2. The Morgan fingerprint density at radius 1 is 1.19 bits per heavy atom. The van der Waals surface area contributed by atoms with Crippen LogP contribution < -0.4 is 10.0 Å². The Labute approximate surface area is 190 Å². The summed E-state index contributed by atoms with van der Waals surface area (Å²) >= 11 is 1.27. The summed E-state index contributed by atoms with van der Waals surface area (Å²) in [5.74, 6) is -1.87. The van der Waals surface area contributed by atoms with Crippen molar-refractivity contribution in [1.29, 1.82) is 5.26 Å². The van der Waals surface area contributed by atoms with Crippen LogP contribution in [0.5, 0.6) is 0 Å². The molecule has 2 N–H and O–H groups in total. The van der Waals surface area contributed by atoms with Crippen molar-refractivity contribution in [1.82, 2.24) is 9.71 Å². The number of benzene rings is 2. The number of sulfonamides is 1. The van der Waals surface area contributed by atoms with E-state index in [-0.39, 0.29) is 0 Å². The van der Waals surface area contributed by atoms with E-state index >= 15 is 0 Å². The molecule has 3 aromatic rings. The van der Waals surface area contributed by atoms with Gasteiger partial charge in [0, 0.05) is 17.5 Å². The first-order valence-electron chi connectivity index (χ1n) is 9.71. The van der Waals surface area contributed by atoms with Crippen LogP contribution in [0.3, 0.4) is 0 Å². The first kappa shape index (κ1) is 23.5. The van der Waals surface area contributed by atoms with Gasteiger partial charge in [-0.2, -0.15) is 9.98 Å². The van der Waals surface area contributed by atoms with E-state index in [0.29, 0.717) is 17.1 Å². The van der Waals surface area contributed by atoms with Crippen molar-refractivity contribution in [2.24, 2.45) is 5.92 Å². The van der Waals surface area contributed by atoms with Crippen molar-refractivity contribution in [2.45, 2.75) is 31.2 Å². The molecule has 32 heavy (non-hydrogen) atoms. The molecule has 0 aliphatic carbocycles. The molecule has 1 aromatic heterocycles. The molecule has 7 nitrogen and oxygen atoms in total. The van der Waals surface area contributed by atoms with Crippen molar-refractivity contribution in [3.63, 3.8) is 0 Å². The number of hydrogen-bond donors (Lipinski definition) is 2. The number of nitrogens with one attached hydrogen (secondary N) is 2. The van der Waals surface area contributed by atoms with Crippen LogP contribution in [0.15, 0.2) is 59.6 Å². The van der Waals surface area contributed by atoms with E-state index in [0.717, 1.165) is 22.6 Å². The fraction of sp³-hybridized carbons (Fsp3) is 0.227. The molecule has 1 amide bonds. The second-order valence-electron chi connectivity index (χ2n) is 7.38. The van der Waals surface area contributed by atoms with Gasteiger partial charge in [0.1, 0.15) is 16.8 Å². The fourth-order valence-electron chi connectivity index (χ4n) is 2.91. The van der Waals surface area contributed by atoms with Gasteiger partial charge in [-0.15, -0.1) is 11.3 Å². The number of halogens is 1. The van der Waals surface area contributed by atoms with Gasteiger partial charge in [-0.05, 0) is 35.7 Å². The summed E-state index contributed by atoms with van der Waals surface area (Å²) in [5, 5.41) is 11.8. The summed E-state index contributed by atoms with van der Waals surface area (Å²) in [6.07, 6.45) is 2.21.